The molecule has 0 aliphatic heterocycles. The number of furan rings is 1. The van der Waals surface area contributed by atoms with E-state index in [-0.39, 0.29) is 0 Å². The summed E-state index contributed by atoms with van der Waals surface area (Å²) in [6, 6.07) is 13.6. The molecule has 0 saturated heterocycles. The Hall–Kier alpha value is -2.40. The SMILES string of the molecule is NC(=S)c1cc(NCCc2ccco2)nc2ccccc12. The van der Waals surface area contributed by atoms with Crippen molar-refractivity contribution in [1.82, 2.24) is 4.98 Å². The minimum absolute atomic E-state index is 0.377. The first kappa shape index (κ1) is 13.6. The molecular weight excluding hydrogens is 282 g/mol. The molecule has 2 aromatic heterocycles. The number of hydrogen-bond acceptors (Lipinski definition) is 4. The number of aromatic nitrogens is 1. The lowest BCUT2D eigenvalue weighted by molar-refractivity contribution is 0.513. The number of benzene rings is 1. The fourth-order valence-corrected chi connectivity index (χ4v) is 2.41. The molecule has 0 aliphatic carbocycles. The van der Waals surface area contributed by atoms with Crippen LogP contribution >= 0.6 is 12.2 Å². The van der Waals surface area contributed by atoms with Gasteiger partial charge in [0.2, 0.25) is 0 Å². The van der Waals surface area contributed by atoms with Gasteiger partial charge >= 0.3 is 0 Å². The number of pyridine rings is 1. The Morgan fingerprint density at radius 1 is 1.24 bits per heavy atom. The fourth-order valence-electron chi connectivity index (χ4n) is 2.24. The highest BCUT2D eigenvalue weighted by molar-refractivity contribution is 7.80. The monoisotopic (exact) mass is 297 g/mol. The van der Waals surface area contributed by atoms with E-state index < -0.39 is 0 Å². The molecule has 3 rings (SSSR count). The third kappa shape index (κ3) is 3.03. The second-order valence-corrected chi connectivity index (χ2v) is 5.13. The van der Waals surface area contributed by atoms with Gasteiger partial charge in [-0.1, -0.05) is 30.4 Å². The van der Waals surface area contributed by atoms with Crippen LogP contribution in [0.1, 0.15) is 11.3 Å². The summed E-state index contributed by atoms with van der Waals surface area (Å²) < 4.78 is 5.30. The van der Waals surface area contributed by atoms with Gasteiger partial charge < -0.3 is 15.5 Å². The van der Waals surface area contributed by atoms with Crippen molar-refractivity contribution < 1.29 is 4.42 Å². The molecule has 0 bridgehead atoms. The highest BCUT2D eigenvalue weighted by Crippen LogP contribution is 2.20. The lowest BCUT2D eigenvalue weighted by Crippen LogP contribution is -2.12. The summed E-state index contributed by atoms with van der Waals surface area (Å²) in [5.41, 5.74) is 7.54. The van der Waals surface area contributed by atoms with Crippen molar-refractivity contribution in [2.24, 2.45) is 5.73 Å². The second-order valence-electron chi connectivity index (χ2n) is 4.69. The van der Waals surface area contributed by atoms with Crippen LogP contribution in [0.25, 0.3) is 10.9 Å². The quantitative estimate of drug-likeness (QED) is 0.708. The molecule has 5 heteroatoms. The van der Waals surface area contributed by atoms with Gasteiger partial charge in [-0.3, -0.25) is 0 Å². The number of fused-ring (bicyclic) bond motifs is 1. The van der Waals surface area contributed by atoms with Crippen molar-refractivity contribution >= 4 is 33.9 Å². The van der Waals surface area contributed by atoms with Crippen LogP contribution in [0.4, 0.5) is 5.82 Å². The van der Waals surface area contributed by atoms with E-state index in [4.69, 9.17) is 22.4 Å². The first-order valence-electron chi connectivity index (χ1n) is 6.70. The van der Waals surface area contributed by atoms with E-state index in [1.807, 2.05) is 42.5 Å². The van der Waals surface area contributed by atoms with Gasteiger partial charge in [0.1, 0.15) is 16.6 Å². The van der Waals surface area contributed by atoms with Crippen molar-refractivity contribution in [3.63, 3.8) is 0 Å². The van der Waals surface area contributed by atoms with E-state index in [0.29, 0.717) is 4.99 Å². The van der Waals surface area contributed by atoms with Crippen LogP contribution in [0.2, 0.25) is 0 Å². The van der Waals surface area contributed by atoms with E-state index >= 15 is 0 Å². The number of nitrogens with zero attached hydrogens (tertiary/aromatic N) is 1. The minimum Gasteiger partial charge on any atom is -0.469 e. The molecule has 21 heavy (non-hydrogen) atoms. The van der Waals surface area contributed by atoms with Gasteiger partial charge in [-0.15, -0.1) is 0 Å². The van der Waals surface area contributed by atoms with Crippen LogP contribution in [0.3, 0.4) is 0 Å². The molecule has 2 heterocycles. The number of para-hydroxylation sites is 1. The summed E-state index contributed by atoms with van der Waals surface area (Å²) in [6.45, 7) is 0.732. The van der Waals surface area contributed by atoms with Crippen LogP contribution in [0.15, 0.2) is 53.1 Å². The van der Waals surface area contributed by atoms with Gasteiger partial charge in [-0.05, 0) is 24.3 Å². The molecule has 0 aliphatic rings. The number of anilines is 1. The molecule has 1 aromatic carbocycles. The summed E-state index contributed by atoms with van der Waals surface area (Å²) in [7, 11) is 0. The molecular formula is C16H15N3OS. The zero-order chi connectivity index (χ0) is 14.7. The van der Waals surface area contributed by atoms with Gasteiger partial charge in [-0.25, -0.2) is 4.98 Å². The molecule has 3 N–H and O–H groups in total. The molecule has 0 saturated carbocycles. The van der Waals surface area contributed by atoms with Gasteiger partial charge in [0.05, 0.1) is 11.8 Å². The average Bonchev–Trinajstić information content (AvgIpc) is 2.99. The number of hydrogen-bond donors (Lipinski definition) is 2. The van der Waals surface area contributed by atoms with Crippen LogP contribution in [-0.4, -0.2) is 16.5 Å². The molecule has 0 atom stereocenters. The first-order valence-corrected chi connectivity index (χ1v) is 7.11. The smallest absolute Gasteiger partial charge is 0.127 e. The molecule has 4 nitrogen and oxygen atoms in total. The second kappa shape index (κ2) is 5.93. The van der Waals surface area contributed by atoms with Crippen LogP contribution in [-0.2, 0) is 6.42 Å². The molecule has 0 fully saturated rings. The zero-order valence-corrected chi connectivity index (χ0v) is 12.2. The third-order valence-electron chi connectivity index (χ3n) is 3.24. The summed E-state index contributed by atoms with van der Waals surface area (Å²) in [6.07, 6.45) is 2.47. The summed E-state index contributed by atoms with van der Waals surface area (Å²) in [4.78, 5) is 4.96. The normalized spacial score (nSPS) is 10.7. The van der Waals surface area contributed by atoms with Crippen molar-refractivity contribution in [3.8, 4) is 0 Å². The molecule has 106 valence electrons. The molecule has 0 radical (unpaired) electrons. The molecule has 0 spiro atoms. The van der Waals surface area contributed by atoms with Crippen LogP contribution in [0, 0.1) is 0 Å². The van der Waals surface area contributed by atoms with Crippen LogP contribution in [0.5, 0.6) is 0 Å². The average molecular weight is 297 g/mol. The Balaban J connectivity index is 1.83. The van der Waals surface area contributed by atoms with Crippen molar-refractivity contribution in [2.45, 2.75) is 6.42 Å². The highest BCUT2D eigenvalue weighted by Gasteiger charge is 2.07. The van der Waals surface area contributed by atoms with Crippen molar-refractivity contribution in [1.29, 1.82) is 0 Å². The van der Waals surface area contributed by atoms with Gasteiger partial charge in [0.25, 0.3) is 0 Å². The van der Waals surface area contributed by atoms with E-state index in [2.05, 4.69) is 10.3 Å². The Morgan fingerprint density at radius 2 is 2.10 bits per heavy atom. The van der Waals surface area contributed by atoms with E-state index in [9.17, 15) is 0 Å². The summed E-state index contributed by atoms with van der Waals surface area (Å²) >= 11 is 5.13. The molecule has 3 aromatic rings. The van der Waals surface area contributed by atoms with Gasteiger partial charge in [-0.2, -0.15) is 0 Å². The number of thiocarbonyl (C=S) groups is 1. The Labute approximate surface area is 128 Å². The highest BCUT2D eigenvalue weighted by atomic mass is 32.1. The van der Waals surface area contributed by atoms with Gasteiger partial charge in [0, 0.05) is 23.9 Å². The Bertz CT molecular complexity index is 768. The van der Waals surface area contributed by atoms with Crippen LogP contribution < -0.4 is 11.1 Å². The minimum atomic E-state index is 0.377. The van der Waals surface area contributed by atoms with Gasteiger partial charge in [0.15, 0.2) is 0 Å². The van der Waals surface area contributed by atoms with Crippen molar-refractivity contribution in [2.75, 3.05) is 11.9 Å². The van der Waals surface area contributed by atoms with E-state index in [0.717, 1.165) is 41.0 Å². The third-order valence-corrected chi connectivity index (χ3v) is 3.46. The van der Waals surface area contributed by atoms with E-state index in [1.54, 1.807) is 6.26 Å². The topological polar surface area (TPSA) is 64.1 Å². The predicted octanol–water partition coefficient (Wildman–Crippen LogP) is 3.12. The largest absolute Gasteiger partial charge is 0.469 e. The zero-order valence-electron chi connectivity index (χ0n) is 11.4. The lowest BCUT2D eigenvalue weighted by atomic mass is 10.1. The van der Waals surface area contributed by atoms with Crippen molar-refractivity contribution in [3.05, 3.63) is 60.1 Å². The Kier molecular flexibility index (Phi) is 3.83. The fraction of sp³-hybridized carbons (Fsp3) is 0.125. The number of nitrogens with two attached hydrogens (primary N) is 1. The lowest BCUT2D eigenvalue weighted by Gasteiger charge is -2.10. The first-order chi connectivity index (χ1) is 10.2. The summed E-state index contributed by atoms with van der Waals surface area (Å²) in [5, 5.41) is 4.26. The molecule has 0 unspecified atom stereocenters. The standard InChI is InChI=1S/C16H15N3OS/c17-16(21)13-10-15(18-8-7-11-4-3-9-20-11)19-14-6-2-1-5-12(13)14/h1-6,9-10H,7-8H2,(H2,17,21)(H,18,19). The maximum Gasteiger partial charge on any atom is 0.127 e. The summed E-state index contributed by atoms with van der Waals surface area (Å²) in [5.74, 6) is 1.71. The predicted molar refractivity (Wildman–Crippen MR) is 88.5 cm³/mol. The number of nitrogens with one attached hydrogen (secondary N) is 1. The maximum atomic E-state index is 5.82. The van der Waals surface area contributed by atoms with E-state index in [1.165, 1.54) is 0 Å². The maximum absolute atomic E-state index is 5.82. The number of rotatable bonds is 5. The Morgan fingerprint density at radius 3 is 2.86 bits per heavy atom. The molecule has 0 amide bonds.